The van der Waals surface area contributed by atoms with E-state index in [-0.39, 0.29) is 17.1 Å². The Morgan fingerprint density at radius 3 is 2.65 bits per heavy atom. The van der Waals surface area contributed by atoms with Gasteiger partial charge in [0.2, 0.25) is 0 Å². The molecule has 2 rings (SSSR count). The molecule has 0 aromatic heterocycles. The predicted molar refractivity (Wildman–Crippen MR) is 79.4 cm³/mol. The zero-order valence-electron chi connectivity index (χ0n) is 12.8. The third-order valence-corrected chi connectivity index (χ3v) is 4.01. The Hall–Kier alpha value is -1.51. The second-order valence-electron chi connectivity index (χ2n) is 6.96. The van der Waals surface area contributed by atoms with E-state index in [9.17, 15) is 9.90 Å². The van der Waals surface area contributed by atoms with E-state index in [0.717, 1.165) is 18.4 Å². The van der Waals surface area contributed by atoms with Crippen molar-refractivity contribution in [2.45, 2.75) is 53.1 Å². The molecule has 1 aliphatic carbocycles. The average molecular weight is 276 g/mol. The Kier molecular flexibility index (Phi) is 4.07. The standard InChI is InChI=1S/C17H24O3/c1-11-5-6-15(14(8-11)16(18)19)20-13-7-12(2)9-17(3,4)10-13/h5-6,8,12-13H,7,9-10H2,1-4H3,(H,18,19). The van der Waals surface area contributed by atoms with Crippen LogP contribution in [-0.2, 0) is 0 Å². The van der Waals surface area contributed by atoms with Gasteiger partial charge in [-0.1, -0.05) is 32.4 Å². The first kappa shape index (κ1) is 14.9. The molecule has 0 aliphatic heterocycles. The largest absolute Gasteiger partial charge is 0.489 e. The molecule has 0 amide bonds. The molecule has 2 atom stereocenters. The van der Waals surface area contributed by atoms with Crippen molar-refractivity contribution in [1.82, 2.24) is 0 Å². The molecule has 1 N–H and O–H groups in total. The normalized spacial score (nSPS) is 25.2. The van der Waals surface area contributed by atoms with Gasteiger partial charge in [0.15, 0.2) is 0 Å². The lowest BCUT2D eigenvalue weighted by atomic mass is 9.71. The van der Waals surface area contributed by atoms with E-state index in [4.69, 9.17) is 4.74 Å². The highest BCUT2D eigenvalue weighted by molar-refractivity contribution is 5.91. The molecule has 0 bridgehead atoms. The number of rotatable bonds is 3. The van der Waals surface area contributed by atoms with Crippen molar-refractivity contribution in [1.29, 1.82) is 0 Å². The number of aryl methyl sites for hydroxylation is 1. The Balaban J connectivity index is 2.19. The zero-order valence-corrected chi connectivity index (χ0v) is 12.8. The maximum Gasteiger partial charge on any atom is 0.339 e. The van der Waals surface area contributed by atoms with Crippen LogP contribution in [-0.4, -0.2) is 17.2 Å². The number of ether oxygens (including phenoxy) is 1. The Morgan fingerprint density at radius 1 is 1.35 bits per heavy atom. The molecule has 110 valence electrons. The van der Waals surface area contributed by atoms with E-state index in [0.29, 0.717) is 11.7 Å². The summed E-state index contributed by atoms with van der Waals surface area (Å²) in [6.07, 6.45) is 3.28. The molecule has 3 heteroatoms. The molecular weight excluding hydrogens is 252 g/mol. The van der Waals surface area contributed by atoms with Crippen molar-refractivity contribution in [3.8, 4) is 5.75 Å². The molecule has 0 saturated heterocycles. The molecule has 1 aromatic rings. The highest BCUT2D eigenvalue weighted by Gasteiger charge is 2.33. The number of benzene rings is 1. The van der Waals surface area contributed by atoms with E-state index in [1.54, 1.807) is 12.1 Å². The molecule has 0 spiro atoms. The zero-order chi connectivity index (χ0) is 14.9. The van der Waals surface area contributed by atoms with Crippen LogP contribution in [0.1, 0.15) is 56.0 Å². The van der Waals surface area contributed by atoms with Gasteiger partial charge in [-0.3, -0.25) is 0 Å². The van der Waals surface area contributed by atoms with Crippen LogP contribution in [0.2, 0.25) is 0 Å². The van der Waals surface area contributed by atoms with Crippen LogP contribution in [0.25, 0.3) is 0 Å². The van der Waals surface area contributed by atoms with Gasteiger partial charge in [-0.15, -0.1) is 0 Å². The van der Waals surface area contributed by atoms with Gasteiger partial charge in [-0.25, -0.2) is 4.79 Å². The van der Waals surface area contributed by atoms with Crippen molar-refractivity contribution in [3.63, 3.8) is 0 Å². The molecule has 3 nitrogen and oxygen atoms in total. The summed E-state index contributed by atoms with van der Waals surface area (Å²) in [6, 6.07) is 5.36. The van der Waals surface area contributed by atoms with Crippen molar-refractivity contribution in [2.24, 2.45) is 11.3 Å². The number of carbonyl (C=O) groups is 1. The van der Waals surface area contributed by atoms with Gasteiger partial charge in [-0.05, 0) is 49.7 Å². The Bertz CT molecular complexity index is 505. The first-order valence-corrected chi connectivity index (χ1v) is 7.27. The minimum Gasteiger partial charge on any atom is -0.489 e. The van der Waals surface area contributed by atoms with Gasteiger partial charge in [0, 0.05) is 0 Å². The summed E-state index contributed by atoms with van der Waals surface area (Å²) in [5, 5.41) is 9.29. The molecule has 1 aromatic carbocycles. The van der Waals surface area contributed by atoms with Crippen LogP contribution in [0, 0.1) is 18.3 Å². The number of hydrogen-bond donors (Lipinski definition) is 1. The SMILES string of the molecule is Cc1ccc(OC2CC(C)CC(C)(C)C2)c(C(=O)O)c1. The quantitative estimate of drug-likeness (QED) is 0.896. The van der Waals surface area contributed by atoms with Crippen molar-refractivity contribution >= 4 is 5.97 Å². The fraction of sp³-hybridized carbons (Fsp3) is 0.588. The Morgan fingerprint density at radius 2 is 2.05 bits per heavy atom. The van der Waals surface area contributed by atoms with E-state index in [2.05, 4.69) is 20.8 Å². The van der Waals surface area contributed by atoms with E-state index >= 15 is 0 Å². The summed E-state index contributed by atoms with van der Waals surface area (Å²) < 4.78 is 6.03. The smallest absolute Gasteiger partial charge is 0.339 e. The van der Waals surface area contributed by atoms with Gasteiger partial charge in [-0.2, -0.15) is 0 Å². The maximum atomic E-state index is 11.3. The second-order valence-corrected chi connectivity index (χ2v) is 6.96. The monoisotopic (exact) mass is 276 g/mol. The van der Waals surface area contributed by atoms with E-state index in [1.165, 1.54) is 6.42 Å². The third kappa shape index (κ3) is 3.53. The number of hydrogen-bond acceptors (Lipinski definition) is 2. The molecule has 0 radical (unpaired) electrons. The lowest BCUT2D eigenvalue weighted by Crippen LogP contribution is -2.34. The van der Waals surface area contributed by atoms with Gasteiger partial charge in [0.25, 0.3) is 0 Å². The molecule has 1 fully saturated rings. The number of aromatic carboxylic acids is 1. The molecule has 1 aliphatic rings. The van der Waals surface area contributed by atoms with Crippen molar-refractivity contribution < 1.29 is 14.6 Å². The van der Waals surface area contributed by atoms with Gasteiger partial charge in [0.1, 0.15) is 11.3 Å². The minimum absolute atomic E-state index is 0.106. The van der Waals surface area contributed by atoms with E-state index < -0.39 is 5.97 Å². The first-order valence-electron chi connectivity index (χ1n) is 7.27. The molecule has 2 unspecified atom stereocenters. The van der Waals surface area contributed by atoms with Crippen LogP contribution in [0.3, 0.4) is 0 Å². The summed E-state index contributed by atoms with van der Waals surface area (Å²) in [6.45, 7) is 8.64. The van der Waals surface area contributed by atoms with Crippen LogP contribution >= 0.6 is 0 Å². The summed E-state index contributed by atoms with van der Waals surface area (Å²) in [7, 11) is 0. The number of carboxylic acids is 1. The Labute approximate surface area is 121 Å². The summed E-state index contributed by atoms with van der Waals surface area (Å²) in [5.41, 5.74) is 1.46. The lowest BCUT2D eigenvalue weighted by Gasteiger charge is -2.39. The highest BCUT2D eigenvalue weighted by atomic mass is 16.5. The summed E-state index contributed by atoms with van der Waals surface area (Å²) in [5.74, 6) is 0.187. The van der Waals surface area contributed by atoms with Crippen LogP contribution in [0.15, 0.2) is 18.2 Å². The van der Waals surface area contributed by atoms with Crippen molar-refractivity contribution in [3.05, 3.63) is 29.3 Å². The molecule has 0 heterocycles. The van der Waals surface area contributed by atoms with Gasteiger partial charge in [0.05, 0.1) is 6.10 Å². The van der Waals surface area contributed by atoms with Gasteiger partial charge < -0.3 is 9.84 Å². The summed E-state index contributed by atoms with van der Waals surface area (Å²) >= 11 is 0. The molecule has 1 saturated carbocycles. The molecule has 20 heavy (non-hydrogen) atoms. The molecular formula is C17H24O3. The summed E-state index contributed by atoms with van der Waals surface area (Å²) in [4.78, 5) is 11.3. The second kappa shape index (κ2) is 5.47. The maximum absolute atomic E-state index is 11.3. The number of carboxylic acid groups (broad SMARTS) is 1. The van der Waals surface area contributed by atoms with Crippen LogP contribution in [0.5, 0.6) is 5.75 Å². The topological polar surface area (TPSA) is 46.5 Å². The van der Waals surface area contributed by atoms with Gasteiger partial charge >= 0.3 is 5.97 Å². The van der Waals surface area contributed by atoms with Crippen molar-refractivity contribution in [2.75, 3.05) is 0 Å². The first-order chi connectivity index (χ1) is 9.27. The van der Waals surface area contributed by atoms with Crippen LogP contribution < -0.4 is 4.74 Å². The fourth-order valence-corrected chi connectivity index (χ4v) is 3.44. The van der Waals surface area contributed by atoms with E-state index in [1.807, 2.05) is 13.0 Å². The lowest BCUT2D eigenvalue weighted by molar-refractivity contribution is 0.0532. The van der Waals surface area contributed by atoms with Crippen LogP contribution in [0.4, 0.5) is 0 Å². The predicted octanol–water partition coefficient (Wildman–Crippen LogP) is 4.29. The average Bonchev–Trinajstić information content (AvgIpc) is 2.28. The highest BCUT2D eigenvalue weighted by Crippen LogP contribution is 2.40. The fourth-order valence-electron chi connectivity index (χ4n) is 3.44. The minimum atomic E-state index is -0.924. The third-order valence-electron chi connectivity index (χ3n) is 4.01.